The first-order valence-corrected chi connectivity index (χ1v) is 8.30. The number of amides is 2. The molecule has 3 heteroatoms. The van der Waals surface area contributed by atoms with E-state index in [4.69, 9.17) is 0 Å². The molecule has 0 fully saturated rings. The Kier molecular flexibility index (Phi) is 4.92. The van der Waals surface area contributed by atoms with Gasteiger partial charge in [0.2, 0.25) is 0 Å². The van der Waals surface area contributed by atoms with Crippen LogP contribution in [0.5, 0.6) is 0 Å². The summed E-state index contributed by atoms with van der Waals surface area (Å²) in [4.78, 5) is 26.6. The summed E-state index contributed by atoms with van der Waals surface area (Å²) in [5.74, 6) is 5.52. The van der Waals surface area contributed by atoms with E-state index in [9.17, 15) is 9.59 Å². The van der Waals surface area contributed by atoms with Crippen molar-refractivity contribution >= 4 is 17.5 Å². The number of rotatable bonds is 1. The van der Waals surface area contributed by atoms with Crippen LogP contribution in [0.25, 0.3) is 0 Å². The lowest BCUT2D eigenvalue weighted by molar-refractivity contribution is 0.0926. The maximum absolute atomic E-state index is 12.8. The third kappa shape index (κ3) is 3.38. The van der Waals surface area contributed by atoms with E-state index in [1.807, 2.05) is 49.4 Å². The molecule has 4 rings (SSSR count). The number of fused-ring (bicyclic) bond motifs is 1. The average molecular weight is 353 g/mol. The predicted octanol–water partition coefficient (Wildman–Crippen LogP) is 4.83. The van der Waals surface area contributed by atoms with Crippen molar-refractivity contribution in [3.63, 3.8) is 0 Å². The summed E-state index contributed by atoms with van der Waals surface area (Å²) < 4.78 is 0. The van der Waals surface area contributed by atoms with Gasteiger partial charge in [0.1, 0.15) is 0 Å². The zero-order valence-corrected chi connectivity index (χ0v) is 14.2. The first kappa shape index (κ1) is 18.2. The van der Waals surface area contributed by atoms with Gasteiger partial charge in [-0.3, -0.25) is 9.59 Å². The van der Waals surface area contributed by atoms with Crippen LogP contribution in [0.2, 0.25) is 0 Å². The highest BCUT2D eigenvalue weighted by atomic mass is 16.2. The fourth-order valence-corrected chi connectivity index (χ4v) is 2.91. The average Bonchev–Trinajstić information content (AvgIpc) is 2.92. The van der Waals surface area contributed by atoms with Crippen molar-refractivity contribution < 1.29 is 9.59 Å². The second-order valence-corrected chi connectivity index (χ2v) is 6.16. The van der Waals surface area contributed by atoms with E-state index in [-0.39, 0.29) is 19.2 Å². The number of imide groups is 1. The van der Waals surface area contributed by atoms with E-state index < -0.39 is 0 Å². The van der Waals surface area contributed by atoms with Crippen molar-refractivity contribution in [1.82, 2.24) is 0 Å². The molecule has 1 heterocycles. The van der Waals surface area contributed by atoms with Crippen LogP contribution in [0.3, 0.4) is 0 Å². The standard InChI is InChI=1S/C23H15NO2.CH4/c1-16-7-12-19(13-8-16)24-22(25)20-14-11-18(15-21(20)23(24)26)10-9-17-5-3-2-4-6-17;/h2-8,11-15H,1H3;1H4. The van der Waals surface area contributed by atoms with Gasteiger partial charge in [0.25, 0.3) is 11.8 Å². The van der Waals surface area contributed by atoms with Crippen LogP contribution < -0.4 is 4.90 Å². The Hall–Kier alpha value is -3.64. The van der Waals surface area contributed by atoms with E-state index in [2.05, 4.69) is 11.8 Å². The number of hydrogen-bond donors (Lipinski definition) is 0. The monoisotopic (exact) mass is 353 g/mol. The SMILES string of the molecule is C.Cc1ccc(N2C(=O)c3ccc(C#Cc4ccccc4)cc3C2=O)cc1. The molecule has 0 saturated heterocycles. The molecule has 27 heavy (non-hydrogen) atoms. The van der Waals surface area contributed by atoms with Crippen LogP contribution in [-0.2, 0) is 0 Å². The van der Waals surface area contributed by atoms with Crippen molar-refractivity contribution in [1.29, 1.82) is 0 Å². The molecule has 0 aromatic heterocycles. The lowest BCUT2D eigenvalue weighted by atomic mass is 10.1. The Morgan fingerprint density at radius 2 is 1.33 bits per heavy atom. The van der Waals surface area contributed by atoms with Crippen LogP contribution in [0, 0.1) is 18.8 Å². The Balaban J connectivity index is 0.00000210. The van der Waals surface area contributed by atoms with E-state index in [0.717, 1.165) is 11.1 Å². The highest BCUT2D eigenvalue weighted by Gasteiger charge is 2.36. The molecule has 3 aromatic carbocycles. The summed E-state index contributed by atoms with van der Waals surface area (Å²) in [5.41, 5.74) is 4.08. The van der Waals surface area contributed by atoms with Gasteiger partial charge in [0.05, 0.1) is 16.8 Å². The first-order valence-electron chi connectivity index (χ1n) is 8.30. The summed E-state index contributed by atoms with van der Waals surface area (Å²) in [6.45, 7) is 1.96. The highest BCUT2D eigenvalue weighted by molar-refractivity contribution is 6.34. The zero-order chi connectivity index (χ0) is 18.1. The van der Waals surface area contributed by atoms with Crippen molar-refractivity contribution in [2.24, 2.45) is 0 Å². The normalized spacial score (nSPS) is 12.1. The molecule has 0 aliphatic carbocycles. The second-order valence-electron chi connectivity index (χ2n) is 6.16. The Labute approximate surface area is 159 Å². The molecule has 1 aliphatic heterocycles. The van der Waals surface area contributed by atoms with Gasteiger partial charge in [0.15, 0.2) is 0 Å². The van der Waals surface area contributed by atoms with Crippen molar-refractivity contribution in [3.05, 3.63) is 101 Å². The molecule has 0 saturated carbocycles. The van der Waals surface area contributed by atoms with Gasteiger partial charge in [-0.2, -0.15) is 0 Å². The fourth-order valence-electron chi connectivity index (χ4n) is 2.91. The molecule has 0 unspecified atom stereocenters. The number of aryl methyl sites for hydroxylation is 1. The molecular formula is C24H19NO2. The molecule has 3 nitrogen and oxygen atoms in total. The summed E-state index contributed by atoms with van der Waals surface area (Å²) in [7, 11) is 0. The highest BCUT2D eigenvalue weighted by Crippen LogP contribution is 2.29. The molecule has 1 aliphatic rings. The summed E-state index contributed by atoms with van der Waals surface area (Å²) in [6.07, 6.45) is 0. The van der Waals surface area contributed by atoms with Crippen LogP contribution in [0.1, 0.15) is 44.8 Å². The van der Waals surface area contributed by atoms with Crippen molar-refractivity contribution in [2.75, 3.05) is 4.90 Å². The smallest absolute Gasteiger partial charge is 0.266 e. The Morgan fingerprint density at radius 1 is 0.704 bits per heavy atom. The quantitative estimate of drug-likeness (QED) is 0.464. The third-order valence-electron chi connectivity index (χ3n) is 4.30. The van der Waals surface area contributed by atoms with Crippen LogP contribution in [0.4, 0.5) is 5.69 Å². The largest absolute Gasteiger partial charge is 0.268 e. The van der Waals surface area contributed by atoms with Gasteiger partial charge in [-0.1, -0.05) is 55.2 Å². The lowest BCUT2D eigenvalue weighted by Crippen LogP contribution is -2.29. The van der Waals surface area contributed by atoms with E-state index in [1.54, 1.807) is 30.3 Å². The summed E-state index contributed by atoms with van der Waals surface area (Å²) in [5, 5.41) is 0. The molecule has 132 valence electrons. The van der Waals surface area contributed by atoms with Gasteiger partial charge in [-0.25, -0.2) is 4.90 Å². The molecular weight excluding hydrogens is 334 g/mol. The maximum Gasteiger partial charge on any atom is 0.266 e. The second kappa shape index (κ2) is 7.31. The number of nitrogens with zero attached hydrogens (tertiary/aromatic N) is 1. The van der Waals surface area contributed by atoms with Gasteiger partial charge < -0.3 is 0 Å². The van der Waals surface area contributed by atoms with E-state index in [1.165, 1.54) is 4.90 Å². The van der Waals surface area contributed by atoms with Gasteiger partial charge in [-0.05, 0) is 49.4 Å². The van der Waals surface area contributed by atoms with Crippen LogP contribution in [0.15, 0.2) is 72.8 Å². The fraction of sp³-hybridized carbons (Fsp3) is 0.0833. The van der Waals surface area contributed by atoms with E-state index in [0.29, 0.717) is 22.4 Å². The molecule has 0 atom stereocenters. The molecule has 0 N–H and O–H groups in total. The predicted molar refractivity (Wildman–Crippen MR) is 108 cm³/mol. The van der Waals surface area contributed by atoms with Crippen molar-refractivity contribution in [2.45, 2.75) is 14.4 Å². The van der Waals surface area contributed by atoms with E-state index >= 15 is 0 Å². The first-order chi connectivity index (χ1) is 12.6. The number of anilines is 1. The molecule has 0 radical (unpaired) electrons. The molecule has 2 amide bonds. The third-order valence-corrected chi connectivity index (χ3v) is 4.30. The Bertz CT molecular complexity index is 1070. The topological polar surface area (TPSA) is 37.4 Å². The number of benzene rings is 3. The van der Waals surface area contributed by atoms with Gasteiger partial charge in [0, 0.05) is 11.1 Å². The van der Waals surface area contributed by atoms with Gasteiger partial charge >= 0.3 is 0 Å². The minimum atomic E-state index is -0.308. The molecule has 3 aromatic rings. The van der Waals surface area contributed by atoms with Crippen LogP contribution in [-0.4, -0.2) is 11.8 Å². The molecule has 0 spiro atoms. The minimum absolute atomic E-state index is 0. The maximum atomic E-state index is 12.8. The van der Waals surface area contributed by atoms with Crippen molar-refractivity contribution in [3.8, 4) is 11.8 Å². The summed E-state index contributed by atoms with van der Waals surface area (Å²) in [6, 6.07) is 22.1. The van der Waals surface area contributed by atoms with Crippen LogP contribution >= 0.6 is 0 Å². The number of carbonyl (C=O) groups excluding carboxylic acids is 2. The minimum Gasteiger partial charge on any atom is -0.268 e. The summed E-state index contributed by atoms with van der Waals surface area (Å²) >= 11 is 0. The molecule has 0 bridgehead atoms. The van der Waals surface area contributed by atoms with Gasteiger partial charge in [-0.15, -0.1) is 0 Å². The number of carbonyl (C=O) groups is 2. The number of hydrogen-bond acceptors (Lipinski definition) is 2. The Morgan fingerprint density at radius 3 is 2.04 bits per heavy atom. The lowest BCUT2D eigenvalue weighted by Gasteiger charge is -2.13. The zero-order valence-electron chi connectivity index (χ0n) is 14.2.